The Morgan fingerprint density at radius 2 is 1.29 bits per heavy atom. The zero-order valence-corrected chi connectivity index (χ0v) is 25.3. The van der Waals surface area contributed by atoms with Gasteiger partial charge < -0.3 is 0 Å². The summed E-state index contributed by atoms with van der Waals surface area (Å²) in [5.74, 6) is -9.14. The molecule has 2 atom stereocenters. The zero-order chi connectivity index (χ0) is 24.4. The van der Waals surface area contributed by atoms with Crippen LogP contribution in [0.15, 0.2) is 50.3 Å². The van der Waals surface area contributed by atoms with Gasteiger partial charge in [0.15, 0.2) is 0 Å². The molecular weight excluding hydrogens is 597 g/mol. The van der Waals surface area contributed by atoms with Gasteiger partial charge in [0, 0.05) is 0 Å². The van der Waals surface area contributed by atoms with Crippen molar-refractivity contribution in [3.63, 3.8) is 0 Å². The Labute approximate surface area is 223 Å². The van der Waals surface area contributed by atoms with Crippen LogP contribution in [0.3, 0.4) is 0 Å². The van der Waals surface area contributed by atoms with Gasteiger partial charge in [0.25, 0.3) is 0 Å². The zero-order valence-electron chi connectivity index (χ0n) is 20.2. The van der Waals surface area contributed by atoms with Crippen molar-refractivity contribution in [2.24, 2.45) is 5.92 Å². The van der Waals surface area contributed by atoms with Crippen LogP contribution in [-0.4, -0.2) is 5.43 Å². The van der Waals surface area contributed by atoms with E-state index in [4.69, 9.17) is 0 Å². The number of fused-ring (bicyclic) bond motifs is 1. The van der Waals surface area contributed by atoms with Gasteiger partial charge in [-0.3, -0.25) is 0 Å². The third-order valence-electron chi connectivity index (χ3n) is 7.18. The Bertz CT molecular complexity index is 1310. The van der Waals surface area contributed by atoms with Gasteiger partial charge in [0.05, 0.1) is 0 Å². The first-order valence-electron chi connectivity index (χ1n) is 10.9. The molecule has 0 N–H and O–H groups in total. The van der Waals surface area contributed by atoms with Crippen LogP contribution in [0.4, 0.5) is 22.0 Å². The summed E-state index contributed by atoms with van der Waals surface area (Å²) in [6.07, 6.45) is 1.81. The van der Waals surface area contributed by atoms with Gasteiger partial charge in [-0.15, -0.1) is 24.8 Å². The minimum Gasteiger partial charge on any atom is -0.147 e. The van der Waals surface area contributed by atoms with Gasteiger partial charge in [-0.1, -0.05) is 0 Å². The molecule has 4 rings (SSSR count). The molecule has 2 aromatic rings. The van der Waals surface area contributed by atoms with Gasteiger partial charge in [-0.05, 0) is 0 Å². The summed E-state index contributed by atoms with van der Waals surface area (Å²) in [7, 11) is 0. The molecule has 0 aromatic heterocycles. The van der Waals surface area contributed by atoms with Crippen molar-refractivity contribution in [3.8, 4) is 0 Å². The summed E-state index contributed by atoms with van der Waals surface area (Å²) < 4.78 is 73.0. The standard InChI is InChI=1S/C15H6F5.C9H13.C2H6Si.2ClH.Zr/c16-11-10(12(17)14(19)15(20)13(11)18)9-6-5-7-3-1-2-4-8(7)9;1-6-5-7(2)9(4)8(6)3;1-3-2;;;/h1-6H;6H,1-4H3;1-2H3;2*1H;. The van der Waals surface area contributed by atoms with Gasteiger partial charge >= 0.3 is 200 Å². The van der Waals surface area contributed by atoms with E-state index in [1.54, 1.807) is 12.1 Å². The van der Waals surface area contributed by atoms with Crippen LogP contribution in [0.2, 0.25) is 13.1 Å². The molecule has 9 heteroatoms. The predicted molar refractivity (Wildman–Crippen MR) is 135 cm³/mol. The molecule has 188 valence electrons. The van der Waals surface area contributed by atoms with E-state index < -0.39 is 60.5 Å². The monoisotopic (exact) mass is 622 g/mol. The van der Waals surface area contributed by atoms with Gasteiger partial charge in [-0.2, -0.15) is 0 Å². The Morgan fingerprint density at radius 3 is 1.77 bits per heavy atom. The second-order valence-corrected chi connectivity index (χ2v) is 26.5. The van der Waals surface area contributed by atoms with E-state index in [2.05, 4.69) is 40.8 Å². The third-order valence-corrected chi connectivity index (χ3v) is 25.7. The van der Waals surface area contributed by atoms with Crippen molar-refractivity contribution in [2.75, 3.05) is 0 Å². The molecule has 0 nitrogen and oxygen atoms in total. The van der Waals surface area contributed by atoms with Crippen LogP contribution in [0, 0.1) is 35.0 Å². The van der Waals surface area contributed by atoms with Crippen LogP contribution in [0.5, 0.6) is 0 Å². The molecule has 0 spiro atoms. The molecule has 0 amide bonds. The molecule has 0 heterocycles. The Balaban J connectivity index is 0.00000216. The van der Waals surface area contributed by atoms with Crippen molar-refractivity contribution < 1.29 is 42.3 Å². The molecule has 2 unspecified atom stereocenters. The van der Waals surface area contributed by atoms with E-state index in [0.717, 1.165) is 5.56 Å². The van der Waals surface area contributed by atoms with Crippen molar-refractivity contribution in [2.45, 2.75) is 44.4 Å². The van der Waals surface area contributed by atoms with E-state index in [1.165, 1.54) is 20.0 Å². The first-order chi connectivity index (χ1) is 15.5. The fourth-order valence-electron chi connectivity index (χ4n) is 5.20. The first kappa shape index (κ1) is 30.2. The molecule has 0 aliphatic heterocycles. The molecule has 35 heavy (non-hydrogen) atoms. The largest absolute Gasteiger partial charge is 0.147 e. The van der Waals surface area contributed by atoms with Crippen LogP contribution in [0.25, 0.3) is 5.57 Å². The van der Waals surface area contributed by atoms with E-state index in [-0.39, 0.29) is 34.0 Å². The summed E-state index contributed by atoms with van der Waals surface area (Å²) in [6, 6.07) is 7.30. The molecular formula is C26H27Cl2F5SiZr. The molecule has 0 saturated carbocycles. The predicted octanol–water partition coefficient (Wildman–Crippen LogP) is 8.84. The smallest absolute Gasteiger partial charge is 0.147 e. The number of hydrogen-bond acceptors (Lipinski definition) is 0. The second-order valence-electron chi connectivity index (χ2n) is 9.07. The number of allylic oxidation sites excluding steroid dienone is 5. The molecule has 2 aliphatic rings. The summed E-state index contributed by atoms with van der Waals surface area (Å²) >= 11 is -2.47. The number of rotatable bonds is 3. The van der Waals surface area contributed by atoms with E-state index in [1.807, 2.05) is 18.2 Å². The number of benzene rings is 2. The van der Waals surface area contributed by atoms with Gasteiger partial charge in [-0.25, -0.2) is 0 Å². The first-order valence-corrected chi connectivity index (χ1v) is 19.7. The topological polar surface area (TPSA) is 0 Å². The maximum atomic E-state index is 14.8. The molecule has 2 aromatic carbocycles. The van der Waals surface area contributed by atoms with Crippen LogP contribution >= 0.6 is 24.8 Å². The SMILES string of the molecule is CC1=C(C)C(C)[C]([Zr]([CH]2C=C(c3c(F)c(F)c(F)c(F)c3F)c3ccccc32)=[Si](C)C)=C1C.Cl.Cl. The van der Waals surface area contributed by atoms with E-state index >= 15 is 0 Å². The van der Waals surface area contributed by atoms with Crippen molar-refractivity contribution in [1.29, 1.82) is 0 Å². The Kier molecular flexibility index (Phi) is 9.64. The van der Waals surface area contributed by atoms with Crippen LogP contribution < -0.4 is 0 Å². The fourth-order valence-corrected chi connectivity index (χ4v) is 24.9. The fraction of sp³-hybridized carbons (Fsp3) is 0.308. The summed E-state index contributed by atoms with van der Waals surface area (Å²) in [5, 5.41) is 0. The molecule has 0 saturated heterocycles. The maximum Gasteiger partial charge on any atom is -0.147 e. The Hall–Kier alpha value is -1.01. The van der Waals surface area contributed by atoms with E-state index in [9.17, 15) is 22.0 Å². The average molecular weight is 625 g/mol. The van der Waals surface area contributed by atoms with Crippen LogP contribution in [0.1, 0.15) is 48.0 Å². The third kappa shape index (κ3) is 4.71. The molecule has 2 aliphatic carbocycles. The van der Waals surface area contributed by atoms with Crippen molar-refractivity contribution in [1.82, 2.24) is 0 Å². The molecule has 0 radical (unpaired) electrons. The summed E-state index contributed by atoms with van der Waals surface area (Å²) in [4.78, 5) is 0. The van der Waals surface area contributed by atoms with Crippen molar-refractivity contribution in [3.05, 3.63) is 96.1 Å². The minimum atomic E-state index is -2.47. The van der Waals surface area contributed by atoms with Gasteiger partial charge in [0.1, 0.15) is 0 Å². The second kappa shape index (κ2) is 11.2. The number of hydrogen-bond donors (Lipinski definition) is 0. The normalized spacial score (nSPS) is 18.8. The average Bonchev–Trinajstić information content (AvgIpc) is 3.24. The van der Waals surface area contributed by atoms with Crippen LogP contribution in [-0.2, 0) is 20.4 Å². The maximum absolute atomic E-state index is 14.8. The minimum absolute atomic E-state index is 0. The summed E-state index contributed by atoms with van der Waals surface area (Å²) in [6.45, 7) is 13.3. The van der Waals surface area contributed by atoms with E-state index in [0.29, 0.717) is 11.5 Å². The summed E-state index contributed by atoms with van der Waals surface area (Å²) in [5.41, 5.74) is 4.06. The Morgan fingerprint density at radius 1 is 0.771 bits per heavy atom. The molecule has 0 fully saturated rings. The van der Waals surface area contributed by atoms with Crippen molar-refractivity contribution >= 4 is 35.8 Å². The molecule has 0 bridgehead atoms. The number of halogens is 7. The quantitative estimate of drug-likeness (QED) is 0.139. The van der Waals surface area contributed by atoms with Gasteiger partial charge in [0.2, 0.25) is 0 Å².